The van der Waals surface area contributed by atoms with Gasteiger partial charge in [-0.15, -0.1) is 0 Å². The summed E-state index contributed by atoms with van der Waals surface area (Å²) in [5, 5.41) is 3.28. The van der Waals surface area contributed by atoms with Gasteiger partial charge in [0.2, 0.25) is 5.91 Å². The summed E-state index contributed by atoms with van der Waals surface area (Å²) in [5.41, 5.74) is 0. The fraction of sp³-hybridized carbons (Fsp3) is 0.722. The second-order valence-electron chi connectivity index (χ2n) is 7.07. The molecule has 3 heterocycles. The fourth-order valence-electron chi connectivity index (χ4n) is 3.61. The van der Waals surface area contributed by atoms with Crippen LogP contribution in [0.15, 0.2) is 12.4 Å². The third-order valence-electron chi connectivity index (χ3n) is 4.99. The number of carbonyl (C=O) groups excluding carboxylic acids is 1. The van der Waals surface area contributed by atoms with Crippen LogP contribution in [0, 0.1) is 5.92 Å². The van der Waals surface area contributed by atoms with Crippen LogP contribution in [0.4, 0.5) is 11.6 Å². The average Bonchev–Trinajstić information content (AvgIpc) is 2.63. The first kappa shape index (κ1) is 17.0. The summed E-state index contributed by atoms with van der Waals surface area (Å²) in [7, 11) is 0. The first-order valence-electron chi connectivity index (χ1n) is 9.31. The molecule has 24 heavy (non-hydrogen) atoms. The third kappa shape index (κ3) is 4.58. The van der Waals surface area contributed by atoms with E-state index >= 15 is 0 Å². The molecular weight excluding hydrogens is 302 g/mol. The number of piperidine rings is 2. The van der Waals surface area contributed by atoms with E-state index in [-0.39, 0.29) is 5.91 Å². The van der Waals surface area contributed by atoms with Gasteiger partial charge in [0.1, 0.15) is 18.0 Å². The molecule has 2 aliphatic rings. The Kier molecular flexibility index (Phi) is 5.88. The van der Waals surface area contributed by atoms with Crippen LogP contribution in [0.25, 0.3) is 0 Å². The van der Waals surface area contributed by atoms with Crippen LogP contribution >= 0.6 is 0 Å². The minimum Gasteiger partial charge on any atom is -0.369 e. The highest BCUT2D eigenvalue weighted by Crippen LogP contribution is 2.22. The summed E-state index contributed by atoms with van der Waals surface area (Å²) in [6.45, 7) is 6.88. The van der Waals surface area contributed by atoms with Crippen LogP contribution in [0.1, 0.15) is 45.4 Å². The SMILES string of the molecule is CC1CCCN(c2cc(NCCC(=O)N3CCCCC3)ncn2)C1. The van der Waals surface area contributed by atoms with Crippen molar-refractivity contribution >= 4 is 17.5 Å². The number of hydrogen-bond acceptors (Lipinski definition) is 5. The van der Waals surface area contributed by atoms with Crippen molar-refractivity contribution in [1.82, 2.24) is 14.9 Å². The van der Waals surface area contributed by atoms with Gasteiger partial charge in [0, 0.05) is 45.2 Å². The topological polar surface area (TPSA) is 61.4 Å². The van der Waals surface area contributed by atoms with Crippen LogP contribution in [-0.4, -0.2) is 53.5 Å². The summed E-state index contributed by atoms with van der Waals surface area (Å²) < 4.78 is 0. The molecule has 2 fully saturated rings. The van der Waals surface area contributed by atoms with Gasteiger partial charge in [0.25, 0.3) is 0 Å². The standard InChI is InChI=1S/C18H29N5O/c1-15-6-5-11-23(13-15)17-12-16(20-14-21-17)19-8-7-18(24)22-9-3-2-4-10-22/h12,14-15H,2-11,13H2,1H3,(H,19,20,21). The van der Waals surface area contributed by atoms with E-state index in [1.165, 1.54) is 19.3 Å². The maximum Gasteiger partial charge on any atom is 0.224 e. The Morgan fingerprint density at radius 1 is 1.21 bits per heavy atom. The lowest BCUT2D eigenvalue weighted by Gasteiger charge is -2.31. The van der Waals surface area contributed by atoms with Gasteiger partial charge < -0.3 is 15.1 Å². The first-order valence-corrected chi connectivity index (χ1v) is 9.31. The molecule has 0 aromatic carbocycles. The number of nitrogens with zero attached hydrogens (tertiary/aromatic N) is 4. The van der Waals surface area contributed by atoms with Gasteiger partial charge in [0.15, 0.2) is 0 Å². The van der Waals surface area contributed by atoms with Crippen LogP contribution in [0.3, 0.4) is 0 Å². The Morgan fingerprint density at radius 2 is 2.04 bits per heavy atom. The van der Waals surface area contributed by atoms with Crippen molar-refractivity contribution in [3.8, 4) is 0 Å². The average molecular weight is 331 g/mol. The van der Waals surface area contributed by atoms with E-state index in [9.17, 15) is 4.79 Å². The van der Waals surface area contributed by atoms with Gasteiger partial charge >= 0.3 is 0 Å². The number of amides is 1. The highest BCUT2D eigenvalue weighted by Gasteiger charge is 2.18. The largest absolute Gasteiger partial charge is 0.369 e. The van der Waals surface area contributed by atoms with Crippen LogP contribution in [-0.2, 0) is 4.79 Å². The molecule has 1 atom stereocenters. The van der Waals surface area contributed by atoms with Crippen LogP contribution < -0.4 is 10.2 Å². The number of nitrogens with one attached hydrogen (secondary N) is 1. The highest BCUT2D eigenvalue weighted by molar-refractivity contribution is 5.76. The van der Waals surface area contributed by atoms with Crippen molar-refractivity contribution in [1.29, 1.82) is 0 Å². The second-order valence-corrected chi connectivity index (χ2v) is 7.07. The van der Waals surface area contributed by atoms with Crippen molar-refractivity contribution < 1.29 is 4.79 Å². The summed E-state index contributed by atoms with van der Waals surface area (Å²) in [6, 6.07) is 2.00. The molecule has 132 valence electrons. The number of hydrogen-bond donors (Lipinski definition) is 1. The van der Waals surface area contributed by atoms with Gasteiger partial charge in [-0.3, -0.25) is 4.79 Å². The second kappa shape index (κ2) is 8.31. The molecule has 1 N–H and O–H groups in total. The number of rotatable bonds is 5. The number of carbonyl (C=O) groups is 1. The Balaban J connectivity index is 1.48. The Hall–Kier alpha value is -1.85. The minimum atomic E-state index is 0.251. The normalized spacial score (nSPS) is 21.6. The summed E-state index contributed by atoms with van der Waals surface area (Å²) in [5.74, 6) is 2.76. The van der Waals surface area contributed by atoms with Crippen LogP contribution in [0.2, 0.25) is 0 Å². The molecule has 2 aliphatic heterocycles. The smallest absolute Gasteiger partial charge is 0.224 e. The molecule has 0 bridgehead atoms. The summed E-state index contributed by atoms with van der Waals surface area (Å²) in [6.07, 6.45) is 8.19. The lowest BCUT2D eigenvalue weighted by atomic mass is 10.0. The molecule has 3 rings (SSSR count). The van der Waals surface area contributed by atoms with E-state index < -0.39 is 0 Å². The Morgan fingerprint density at radius 3 is 2.83 bits per heavy atom. The summed E-state index contributed by atoms with van der Waals surface area (Å²) >= 11 is 0. The van der Waals surface area contributed by atoms with Gasteiger partial charge in [0.05, 0.1) is 0 Å². The molecule has 1 aromatic rings. The zero-order valence-corrected chi connectivity index (χ0v) is 14.7. The minimum absolute atomic E-state index is 0.251. The van der Waals surface area contributed by atoms with E-state index in [2.05, 4.69) is 27.1 Å². The molecular formula is C18H29N5O. The molecule has 0 spiro atoms. The fourth-order valence-corrected chi connectivity index (χ4v) is 3.61. The number of aromatic nitrogens is 2. The van der Waals surface area contributed by atoms with Gasteiger partial charge in [-0.2, -0.15) is 0 Å². The lowest BCUT2D eigenvalue weighted by molar-refractivity contribution is -0.131. The van der Waals surface area contributed by atoms with Crippen molar-refractivity contribution in [2.75, 3.05) is 42.9 Å². The highest BCUT2D eigenvalue weighted by atomic mass is 16.2. The van der Waals surface area contributed by atoms with Crippen LogP contribution in [0.5, 0.6) is 0 Å². The van der Waals surface area contributed by atoms with Gasteiger partial charge in [-0.25, -0.2) is 9.97 Å². The molecule has 0 aliphatic carbocycles. The Bertz CT molecular complexity index is 544. The monoisotopic (exact) mass is 331 g/mol. The van der Waals surface area contributed by atoms with Gasteiger partial charge in [-0.1, -0.05) is 6.92 Å². The van der Waals surface area contributed by atoms with E-state index in [4.69, 9.17) is 0 Å². The van der Waals surface area contributed by atoms with E-state index in [0.717, 1.165) is 50.7 Å². The van der Waals surface area contributed by atoms with Crippen molar-refractivity contribution in [2.45, 2.75) is 45.4 Å². The van der Waals surface area contributed by atoms with E-state index in [1.807, 2.05) is 11.0 Å². The first-order chi connectivity index (χ1) is 11.7. The predicted octanol–water partition coefficient (Wildman–Crippen LogP) is 2.53. The quantitative estimate of drug-likeness (QED) is 0.898. The molecule has 0 radical (unpaired) electrons. The van der Waals surface area contributed by atoms with Gasteiger partial charge in [-0.05, 0) is 38.0 Å². The maximum absolute atomic E-state index is 12.2. The maximum atomic E-state index is 12.2. The zero-order chi connectivity index (χ0) is 16.8. The van der Waals surface area contributed by atoms with Crippen molar-refractivity contribution in [2.24, 2.45) is 5.92 Å². The van der Waals surface area contributed by atoms with E-state index in [1.54, 1.807) is 6.33 Å². The number of anilines is 2. The van der Waals surface area contributed by atoms with E-state index in [0.29, 0.717) is 18.9 Å². The Labute approximate surface area is 144 Å². The summed E-state index contributed by atoms with van der Waals surface area (Å²) in [4.78, 5) is 25.2. The zero-order valence-electron chi connectivity index (χ0n) is 14.7. The number of likely N-dealkylation sites (tertiary alicyclic amines) is 1. The molecule has 6 nitrogen and oxygen atoms in total. The third-order valence-corrected chi connectivity index (χ3v) is 4.99. The lowest BCUT2D eigenvalue weighted by Crippen LogP contribution is -2.36. The molecule has 0 saturated carbocycles. The molecule has 6 heteroatoms. The molecule has 1 aromatic heterocycles. The predicted molar refractivity (Wildman–Crippen MR) is 96.2 cm³/mol. The molecule has 1 amide bonds. The molecule has 2 saturated heterocycles. The van der Waals surface area contributed by atoms with Crippen molar-refractivity contribution in [3.05, 3.63) is 12.4 Å². The van der Waals surface area contributed by atoms with Crippen molar-refractivity contribution in [3.63, 3.8) is 0 Å². The molecule has 1 unspecified atom stereocenters.